The van der Waals surface area contributed by atoms with Gasteiger partial charge in [-0.15, -0.1) is 0 Å². The van der Waals surface area contributed by atoms with Crippen molar-refractivity contribution in [1.82, 2.24) is 15.1 Å². The smallest absolute Gasteiger partial charge is 0.252 e. The number of benzene rings is 2. The molecular formula is C21H15N3O2. The van der Waals surface area contributed by atoms with E-state index in [1.54, 1.807) is 6.20 Å². The summed E-state index contributed by atoms with van der Waals surface area (Å²) >= 11 is 0. The second kappa shape index (κ2) is 5.46. The van der Waals surface area contributed by atoms with Crippen molar-refractivity contribution in [1.29, 1.82) is 0 Å². The fraction of sp³-hybridized carbons (Fsp3) is 0.0476. The minimum absolute atomic E-state index is 0.0812. The van der Waals surface area contributed by atoms with Gasteiger partial charge in [0.1, 0.15) is 0 Å². The Bertz CT molecular complexity index is 1310. The maximum atomic E-state index is 12.6. The number of H-pyrrole nitrogens is 2. The molecule has 5 nitrogen and oxygen atoms in total. The third kappa shape index (κ3) is 2.10. The highest BCUT2D eigenvalue weighted by atomic mass is 16.5. The van der Waals surface area contributed by atoms with Gasteiger partial charge in [-0.1, -0.05) is 41.6 Å². The lowest BCUT2D eigenvalue weighted by Gasteiger charge is -2.09. The number of hydrogen-bond acceptors (Lipinski definition) is 3. The van der Waals surface area contributed by atoms with E-state index in [4.69, 9.17) is 4.52 Å². The van der Waals surface area contributed by atoms with Crippen LogP contribution in [0.25, 0.3) is 44.4 Å². The summed E-state index contributed by atoms with van der Waals surface area (Å²) in [6.45, 7) is 1.85. The molecule has 126 valence electrons. The number of fused-ring (bicyclic) bond motifs is 3. The second-order valence-electron chi connectivity index (χ2n) is 6.33. The van der Waals surface area contributed by atoms with Crippen LogP contribution < -0.4 is 5.56 Å². The molecule has 0 radical (unpaired) electrons. The molecule has 0 aliphatic carbocycles. The number of nitrogens with one attached hydrogen (secondary N) is 2. The van der Waals surface area contributed by atoms with Crippen molar-refractivity contribution in [2.45, 2.75) is 6.92 Å². The number of aromatic amines is 2. The highest BCUT2D eigenvalue weighted by molar-refractivity contribution is 6.10. The van der Waals surface area contributed by atoms with Crippen molar-refractivity contribution < 1.29 is 4.52 Å². The fourth-order valence-electron chi connectivity index (χ4n) is 3.52. The molecule has 0 saturated heterocycles. The van der Waals surface area contributed by atoms with Gasteiger partial charge in [0, 0.05) is 33.7 Å². The Morgan fingerprint density at radius 1 is 0.923 bits per heavy atom. The van der Waals surface area contributed by atoms with Gasteiger partial charge in [0.15, 0.2) is 5.76 Å². The maximum Gasteiger partial charge on any atom is 0.252 e. The van der Waals surface area contributed by atoms with Gasteiger partial charge in [-0.05, 0) is 24.6 Å². The minimum atomic E-state index is -0.0812. The molecule has 2 aromatic carbocycles. The van der Waals surface area contributed by atoms with Crippen LogP contribution in [0.2, 0.25) is 0 Å². The Kier molecular flexibility index (Phi) is 3.09. The summed E-state index contributed by atoms with van der Waals surface area (Å²) in [5.74, 6) is 0.697. The quantitative estimate of drug-likeness (QED) is 0.491. The van der Waals surface area contributed by atoms with Crippen molar-refractivity contribution in [2.75, 3.05) is 0 Å². The summed E-state index contributed by atoms with van der Waals surface area (Å²) in [4.78, 5) is 19.1. The van der Waals surface area contributed by atoms with Gasteiger partial charge in [-0.3, -0.25) is 4.79 Å². The molecule has 0 bridgehead atoms. The van der Waals surface area contributed by atoms with E-state index in [0.29, 0.717) is 11.3 Å². The highest BCUT2D eigenvalue weighted by Gasteiger charge is 2.16. The first-order chi connectivity index (χ1) is 12.7. The summed E-state index contributed by atoms with van der Waals surface area (Å²) in [5, 5.41) is 4.78. The van der Waals surface area contributed by atoms with Crippen LogP contribution in [-0.4, -0.2) is 15.1 Å². The zero-order valence-corrected chi connectivity index (χ0v) is 14.0. The second-order valence-corrected chi connectivity index (χ2v) is 6.33. The standard InChI is InChI=1S/C21H15N3O2/c1-12-18(14-6-4-5-13(11-14)17-9-10-22-26-17)20-19(24-21(12)25)15-7-2-3-8-16(15)23-20/h2-11,23H,1H3,(H,24,25). The topological polar surface area (TPSA) is 74.7 Å². The Hall–Kier alpha value is -3.60. The molecule has 0 aliphatic rings. The van der Waals surface area contributed by atoms with Gasteiger partial charge in [-0.25, -0.2) is 0 Å². The summed E-state index contributed by atoms with van der Waals surface area (Å²) in [6, 6.07) is 17.7. The minimum Gasteiger partial charge on any atom is -0.356 e. The van der Waals surface area contributed by atoms with E-state index in [9.17, 15) is 4.79 Å². The molecule has 3 heterocycles. The predicted molar refractivity (Wildman–Crippen MR) is 102 cm³/mol. The van der Waals surface area contributed by atoms with Crippen molar-refractivity contribution >= 4 is 21.9 Å². The van der Waals surface area contributed by atoms with Crippen LogP contribution in [0, 0.1) is 6.92 Å². The summed E-state index contributed by atoms with van der Waals surface area (Å²) in [7, 11) is 0. The first-order valence-electron chi connectivity index (χ1n) is 8.37. The number of rotatable bonds is 2. The number of aromatic nitrogens is 3. The molecule has 0 amide bonds. The predicted octanol–water partition coefficient (Wildman–Crippen LogP) is 4.64. The first kappa shape index (κ1) is 14.7. The highest BCUT2D eigenvalue weighted by Crippen LogP contribution is 2.34. The van der Waals surface area contributed by atoms with E-state index in [2.05, 4.69) is 15.1 Å². The number of nitrogens with zero attached hydrogens (tertiary/aromatic N) is 1. The normalized spacial score (nSPS) is 11.4. The molecule has 2 N–H and O–H groups in total. The van der Waals surface area contributed by atoms with Crippen LogP contribution in [0.15, 0.2) is 70.1 Å². The summed E-state index contributed by atoms with van der Waals surface area (Å²) in [6.07, 6.45) is 1.62. The van der Waals surface area contributed by atoms with Crippen LogP contribution in [0.3, 0.4) is 0 Å². The van der Waals surface area contributed by atoms with Crippen molar-refractivity contribution in [3.05, 3.63) is 76.7 Å². The third-order valence-electron chi connectivity index (χ3n) is 4.78. The van der Waals surface area contributed by atoms with Crippen LogP contribution in [0.4, 0.5) is 0 Å². The van der Waals surface area contributed by atoms with Crippen molar-refractivity contribution in [3.8, 4) is 22.5 Å². The molecule has 5 rings (SSSR count). The van der Waals surface area contributed by atoms with Gasteiger partial charge in [-0.2, -0.15) is 0 Å². The SMILES string of the molecule is Cc1c(-c2cccc(-c3ccno3)c2)c2[nH]c3ccccc3c2[nH]c1=O. The molecular weight excluding hydrogens is 326 g/mol. The van der Waals surface area contributed by atoms with E-state index < -0.39 is 0 Å². The average Bonchev–Trinajstić information content (AvgIpc) is 3.31. The molecule has 26 heavy (non-hydrogen) atoms. The van der Waals surface area contributed by atoms with Crippen LogP contribution >= 0.6 is 0 Å². The van der Waals surface area contributed by atoms with E-state index in [1.165, 1.54) is 0 Å². The first-order valence-corrected chi connectivity index (χ1v) is 8.37. The van der Waals surface area contributed by atoms with Gasteiger partial charge in [0.2, 0.25) is 0 Å². The fourth-order valence-corrected chi connectivity index (χ4v) is 3.52. The van der Waals surface area contributed by atoms with Gasteiger partial charge < -0.3 is 14.5 Å². The van der Waals surface area contributed by atoms with Crippen LogP contribution in [0.5, 0.6) is 0 Å². The number of para-hydroxylation sites is 1. The third-order valence-corrected chi connectivity index (χ3v) is 4.78. The Morgan fingerprint density at radius 3 is 2.62 bits per heavy atom. The average molecular weight is 341 g/mol. The lowest BCUT2D eigenvalue weighted by atomic mass is 9.98. The lowest BCUT2D eigenvalue weighted by Crippen LogP contribution is -2.10. The van der Waals surface area contributed by atoms with Gasteiger partial charge in [0.25, 0.3) is 5.56 Å². The lowest BCUT2D eigenvalue weighted by molar-refractivity contribution is 0.432. The molecule has 0 aliphatic heterocycles. The molecule has 0 saturated carbocycles. The molecule has 5 aromatic rings. The van der Waals surface area contributed by atoms with Gasteiger partial charge in [0.05, 0.1) is 17.2 Å². The Balaban J connectivity index is 1.86. The number of hydrogen-bond donors (Lipinski definition) is 2. The molecule has 0 unspecified atom stereocenters. The molecule has 5 heteroatoms. The van der Waals surface area contributed by atoms with E-state index >= 15 is 0 Å². The van der Waals surface area contributed by atoms with E-state index in [0.717, 1.165) is 38.6 Å². The zero-order valence-electron chi connectivity index (χ0n) is 14.0. The zero-order chi connectivity index (χ0) is 17.7. The largest absolute Gasteiger partial charge is 0.356 e. The molecule has 0 fully saturated rings. The van der Waals surface area contributed by atoms with Crippen LogP contribution in [0.1, 0.15) is 5.56 Å². The summed E-state index contributed by atoms with van der Waals surface area (Å²) < 4.78 is 5.27. The maximum absolute atomic E-state index is 12.6. The van der Waals surface area contributed by atoms with Crippen molar-refractivity contribution in [2.24, 2.45) is 0 Å². The number of pyridine rings is 1. The Morgan fingerprint density at radius 2 is 1.77 bits per heavy atom. The van der Waals surface area contributed by atoms with E-state index in [-0.39, 0.29) is 5.56 Å². The Labute approximate surface area is 148 Å². The van der Waals surface area contributed by atoms with Crippen LogP contribution in [-0.2, 0) is 0 Å². The molecule has 3 aromatic heterocycles. The van der Waals surface area contributed by atoms with Gasteiger partial charge >= 0.3 is 0 Å². The monoisotopic (exact) mass is 341 g/mol. The van der Waals surface area contributed by atoms with E-state index in [1.807, 2.05) is 61.5 Å². The molecule has 0 atom stereocenters. The summed E-state index contributed by atoms with van der Waals surface area (Å²) in [5.41, 5.74) is 6.14. The van der Waals surface area contributed by atoms with Crippen molar-refractivity contribution in [3.63, 3.8) is 0 Å². The molecule has 0 spiro atoms.